The lowest BCUT2D eigenvalue weighted by Gasteiger charge is -2.35. The molecule has 0 saturated carbocycles. The van der Waals surface area contributed by atoms with Crippen LogP contribution in [0.1, 0.15) is 41.1 Å². The van der Waals surface area contributed by atoms with Gasteiger partial charge in [0.05, 0.1) is 24.9 Å². The number of esters is 1. The summed E-state index contributed by atoms with van der Waals surface area (Å²) in [7, 11) is 1.35. The van der Waals surface area contributed by atoms with E-state index >= 15 is 0 Å². The van der Waals surface area contributed by atoms with Crippen LogP contribution in [0.25, 0.3) is 0 Å². The van der Waals surface area contributed by atoms with Crippen LogP contribution >= 0.6 is 11.3 Å². The number of nitrogens with one attached hydrogen (secondary N) is 1. The maximum atomic E-state index is 12.3. The quantitative estimate of drug-likeness (QED) is 0.823. The number of carbonyl (C=O) groups excluding carboxylic acids is 2. The van der Waals surface area contributed by atoms with Crippen molar-refractivity contribution in [3.05, 3.63) is 16.0 Å². The van der Waals surface area contributed by atoms with E-state index < -0.39 is 5.97 Å². The molecule has 0 spiro atoms. The van der Waals surface area contributed by atoms with E-state index in [0.717, 1.165) is 23.5 Å². The number of amides is 1. The Balaban J connectivity index is 1.95. The number of carbonyl (C=O) groups is 2. The van der Waals surface area contributed by atoms with E-state index in [1.165, 1.54) is 18.4 Å². The average Bonchev–Trinajstić information content (AvgIpc) is 2.78. The molecule has 1 fully saturated rings. The molecule has 0 aliphatic carbocycles. The number of anilines is 1. The average molecular weight is 354 g/mol. The highest BCUT2D eigenvalue weighted by molar-refractivity contribution is 7.16. The first-order chi connectivity index (χ1) is 11.3. The molecule has 1 aromatic rings. The topological polar surface area (TPSA) is 67.9 Å². The van der Waals surface area contributed by atoms with Crippen molar-refractivity contribution in [3.63, 3.8) is 0 Å². The van der Waals surface area contributed by atoms with E-state index in [-0.39, 0.29) is 18.1 Å². The molecule has 2 heterocycles. The molecule has 134 valence electrons. The second-order valence-electron chi connectivity index (χ2n) is 6.29. The minimum absolute atomic E-state index is 0.0896. The third-order valence-electron chi connectivity index (χ3n) is 4.18. The van der Waals surface area contributed by atoms with Crippen molar-refractivity contribution in [2.75, 3.05) is 32.1 Å². The van der Waals surface area contributed by atoms with Crippen LogP contribution in [0.15, 0.2) is 0 Å². The van der Waals surface area contributed by atoms with Gasteiger partial charge in [0.25, 0.3) is 0 Å². The lowest BCUT2D eigenvalue weighted by molar-refractivity contribution is -0.117. The molecule has 6 nitrogen and oxygen atoms in total. The Labute approximate surface area is 147 Å². The summed E-state index contributed by atoms with van der Waals surface area (Å²) in [5.74, 6) is -0.504. The molecule has 1 N–H and O–H groups in total. The van der Waals surface area contributed by atoms with Crippen LogP contribution in [0.4, 0.5) is 5.00 Å². The maximum absolute atomic E-state index is 12.3. The summed E-state index contributed by atoms with van der Waals surface area (Å²) in [4.78, 5) is 27.5. The van der Waals surface area contributed by atoms with E-state index in [2.05, 4.69) is 10.2 Å². The monoisotopic (exact) mass is 354 g/mol. The Morgan fingerprint density at radius 3 is 2.50 bits per heavy atom. The van der Waals surface area contributed by atoms with Crippen molar-refractivity contribution < 1.29 is 19.1 Å². The fourth-order valence-electron chi connectivity index (χ4n) is 2.98. The highest BCUT2D eigenvalue weighted by Gasteiger charge is 2.24. The summed E-state index contributed by atoms with van der Waals surface area (Å²) >= 11 is 1.41. The van der Waals surface area contributed by atoms with Gasteiger partial charge in [-0.05, 0) is 33.3 Å². The molecule has 1 aromatic heterocycles. The Morgan fingerprint density at radius 2 is 1.92 bits per heavy atom. The van der Waals surface area contributed by atoms with Gasteiger partial charge in [0, 0.05) is 30.9 Å². The van der Waals surface area contributed by atoms with Gasteiger partial charge in [0.15, 0.2) is 0 Å². The number of hydrogen-bond donors (Lipinski definition) is 1. The summed E-state index contributed by atoms with van der Waals surface area (Å²) in [6.07, 6.45) is 0.756. The minimum Gasteiger partial charge on any atom is -0.465 e. The molecule has 1 aliphatic heterocycles. The molecule has 1 saturated heterocycles. The zero-order valence-corrected chi connectivity index (χ0v) is 15.8. The smallest absolute Gasteiger partial charge is 0.341 e. The first kappa shape index (κ1) is 18.9. The van der Waals surface area contributed by atoms with Crippen LogP contribution in [-0.2, 0) is 14.3 Å². The standard InChI is InChI=1S/C17H26N2O4S/c1-10-8-19(9-11(2)23-10)7-6-14(20)18-16-15(17(21)22-5)12(3)13(4)24-16/h10-11H,6-9H2,1-5H3,(H,18,20)/t10-,11-/m1/s1. The van der Waals surface area contributed by atoms with Gasteiger partial charge >= 0.3 is 5.97 Å². The van der Waals surface area contributed by atoms with Crippen LogP contribution in [0.2, 0.25) is 0 Å². The molecule has 2 rings (SSSR count). The number of methoxy groups -OCH3 is 1. The van der Waals surface area contributed by atoms with Crippen molar-refractivity contribution in [1.82, 2.24) is 4.90 Å². The van der Waals surface area contributed by atoms with Gasteiger partial charge in [-0.15, -0.1) is 11.3 Å². The van der Waals surface area contributed by atoms with Crippen molar-refractivity contribution in [1.29, 1.82) is 0 Å². The van der Waals surface area contributed by atoms with E-state index in [4.69, 9.17) is 9.47 Å². The minimum atomic E-state index is -0.414. The highest BCUT2D eigenvalue weighted by atomic mass is 32.1. The van der Waals surface area contributed by atoms with Gasteiger partial charge in [-0.1, -0.05) is 0 Å². The van der Waals surface area contributed by atoms with Crippen molar-refractivity contribution in [2.24, 2.45) is 0 Å². The summed E-state index contributed by atoms with van der Waals surface area (Å²) in [6.45, 7) is 10.2. The first-order valence-corrected chi connectivity index (χ1v) is 8.99. The molecule has 1 aliphatic rings. The molecule has 0 aromatic carbocycles. The van der Waals surface area contributed by atoms with Gasteiger partial charge in [-0.25, -0.2) is 4.79 Å². The molecule has 1 amide bonds. The lowest BCUT2D eigenvalue weighted by atomic mass is 10.1. The van der Waals surface area contributed by atoms with E-state index in [1.54, 1.807) is 0 Å². The van der Waals surface area contributed by atoms with Gasteiger partial charge in [0.2, 0.25) is 5.91 Å². The van der Waals surface area contributed by atoms with Crippen LogP contribution in [-0.4, -0.2) is 55.7 Å². The number of nitrogens with zero attached hydrogens (tertiary/aromatic N) is 1. The second kappa shape index (κ2) is 8.09. The highest BCUT2D eigenvalue weighted by Crippen LogP contribution is 2.33. The molecule has 0 unspecified atom stereocenters. The van der Waals surface area contributed by atoms with Gasteiger partial charge in [-0.2, -0.15) is 0 Å². The molecular formula is C17H26N2O4S. The molecular weight excluding hydrogens is 328 g/mol. The van der Waals surface area contributed by atoms with Crippen molar-refractivity contribution >= 4 is 28.2 Å². The number of morpholine rings is 1. The van der Waals surface area contributed by atoms with E-state index in [9.17, 15) is 9.59 Å². The largest absolute Gasteiger partial charge is 0.465 e. The summed E-state index contributed by atoms with van der Waals surface area (Å²) in [5, 5.41) is 3.44. The summed E-state index contributed by atoms with van der Waals surface area (Å²) in [5.41, 5.74) is 1.32. The predicted molar refractivity (Wildman–Crippen MR) is 94.8 cm³/mol. The summed E-state index contributed by atoms with van der Waals surface area (Å²) < 4.78 is 10.5. The van der Waals surface area contributed by atoms with Crippen molar-refractivity contribution in [2.45, 2.75) is 46.3 Å². The molecule has 7 heteroatoms. The Morgan fingerprint density at radius 1 is 1.29 bits per heavy atom. The lowest BCUT2D eigenvalue weighted by Crippen LogP contribution is -2.46. The van der Waals surface area contributed by atoms with E-state index in [0.29, 0.717) is 23.5 Å². The molecule has 24 heavy (non-hydrogen) atoms. The number of aryl methyl sites for hydroxylation is 1. The Kier molecular flexibility index (Phi) is 6.37. The van der Waals surface area contributed by atoms with Crippen molar-refractivity contribution in [3.8, 4) is 0 Å². The van der Waals surface area contributed by atoms with E-state index in [1.807, 2.05) is 27.7 Å². The fourth-order valence-corrected chi connectivity index (χ4v) is 4.04. The Hall–Kier alpha value is -1.44. The van der Waals surface area contributed by atoms with Crippen LogP contribution in [0.5, 0.6) is 0 Å². The maximum Gasteiger partial charge on any atom is 0.341 e. The zero-order chi connectivity index (χ0) is 17.9. The summed E-state index contributed by atoms with van der Waals surface area (Å²) in [6, 6.07) is 0. The third kappa shape index (κ3) is 4.55. The Bertz CT molecular complexity index is 604. The molecule has 0 radical (unpaired) electrons. The second-order valence-corrected chi connectivity index (χ2v) is 7.52. The fraction of sp³-hybridized carbons (Fsp3) is 0.647. The number of ether oxygens (including phenoxy) is 2. The number of hydrogen-bond acceptors (Lipinski definition) is 6. The predicted octanol–water partition coefficient (Wildman–Crippen LogP) is 2.59. The van der Waals surface area contributed by atoms with Gasteiger partial charge < -0.3 is 14.8 Å². The zero-order valence-electron chi connectivity index (χ0n) is 15.0. The van der Waals surface area contributed by atoms with Crippen LogP contribution in [0.3, 0.4) is 0 Å². The van der Waals surface area contributed by atoms with Crippen LogP contribution in [0, 0.1) is 13.8 Å². The number of thiophene rings is 1. The molecule has 2 atom stereocenters. The molecule has 0 bridgehead atoms. The number of rotatable bonds is 5. The van der Waals surface area contributed by atoms with Gasteiger partial charge in [-0.3, -0.25) is 9.69 Å². The first-order valence-electron chi connectivity index (χ1n) is 8.17. The van der Waals surface area contributed by atoms with Crippen LogP contribution < -0.4 is 5.32 Å². The SMILES string of the molecule is COC(=O)c1c(NC(=O)CCN2C[C@@H](C)O[C@H](C)C2)sc(C)c1C. The third-order valence-corrected chi connectivity index (χ3v) is 5.30. The normalized spacial score (nSPS) is 21.5. The van der Waals surface area contributed by atoms with Gasteiger partial charge in [0.1, 0.15) is 5.00 Å².